The standard InChI is InChI=1S/C16H28O8/c1-10(2)5-15(20)23-12(4)7-14(19)22-9-13(8-17)24-16(21)6-11(3)18/h10-13,17-18H,5-9H2,1-4H3. The van der Waals surface area contributed by atoms with Gasteiger partial charge in [0.25, 0.3) is 0 Å². The molecule has 0 bridgehead atoms. The topological polar surface area (TPSA) is 119 Å². The Bertz CT molecular complexity index is 405. The van der Waals surface area contributed by atoms with Crippen molar-refractivity contribution in [3.63, 3.8) is 0 Å². The molecule has 0 aromatic carbocycles. The molecule has 24 heavy (non-hydrogen) atoms. The summed E-state index contributed by atoms with van der Waals surface area (Å²) in [7, 11) is 0. The Morgan fingerprint density at radius 1 is 0.875 bits per heavy atom. The highest BCUT2D eigenvalue weighted by Crippen LogP contribution is 2.07. The second kappa shape index (κ2) is 11.8. The van der Waals surface area contributed by atoms with E-state index in [-0.39, 0.29) is 37.8 Å². The van der Waals surface area contributed by atoms with Gasteiger partial charge >= 0.3 is 17.9 Å². The summed E-state index contributed by atoms with van der Waals surface area (Å²) in [5.74, 6) is -1.55. The summed E-state index contributed by atoms with van der Waals surface area (Å²) in [5, 5.41) is 18.2. The molecule has 0 aliphatic rings. The van der Waals surface area contributed by atoms with Gasteiger partial charge in [-0.15, -0.1) is 0 Å². The van der Waals surface area contributed by atoms with E-state index in [1.165, 1.54) is 6.92 Å². The minimum atomic E-state index is -1.00. The zero-order valence-electron chi connectivity index (χ0n) is 14.7. The molecule has 0 saturated carbocycles. The molecule has 0 radical (unpaired) electrons. The Balaban J connectivity index is 4.12. The summed E-state index contributed by atoms with van der Waals surface area (Å²) >= 11 is 0. The third-order valence-electron chi connectivity index (χ3n) is 2.76. The number of ether oxygens (including phenoxy) is 3. The zero-order valence-corrected chi connectivity index (χ0v) is 14.7. The predicted molar refractivity (Wildman–Crippen MR) is 83.8 cm³/mol. The third-order valence-corrected chi connectivity index (χ3v) is 2.76. The van der Waals surface area contributed by atoms with E-state index in [9.17, 15) is 14.4 Å². The monoisotopic (exact) mass is 348 g/mol. The fraction of sp³-hybridized carbons (Fsp3) is 0.812. The normalized spacial score (nSPS) is 14.6. The lowest BCUT2D eigenvalue weighted by Gasteiger charge is -2.17. The first-order valence-corrected chi connectivity index (χ1v) is 7.97. The van der Waals surface area contributed by atoms with Crippen LogP contribution in [0.1, 0.15) is 47.0 Å². The van der Waals surface area contributed by atoms with Crippen LogP contribution in [-0.4, -0.2) is 59.6 Å². The van der Waals surface area contributed by atoms with E-state index in [4.69, 9.17) is 24.4 Å². The van der Waals surface area contributed by atoms with Gasteiger partial charge in [0.1, 0.15) is 12.7 Å². The number of hydrogen-bond acceptors (Lipinski definition) is 8. The van der Waals surface area contributed by atoms with Crippen LogP contribution in [0.2, 0.25) is 0 Å². The highest BCUT2D eigenvalue weighted by Gasteiger charge is 2.20. The molecule has 0 aromatic heterocycles. The van der Waals surface area contributed by atoms with Crippen molar-refractivity contribution in [3.8, 4) is 0 Å². The first kappa shape index (κ1) is 22.3. The highest BCUT2D eigenvalue weighted by atomic mass is 16.6. The SMILES string of the molecule is CC(C)CC(=O)OC(C)CC(=O)OCC(CO)OC(=O)CC(C)O. The average molecular weight is 348 g/mol. The maximum atomic E-state index is 11.7. The summed E-state index contributed by atoms with van der Waals surface area (Å²) in [4.78, 5) is 34.5. The lowest BCUT2D eigenvalue weighted by Crippen LogP contribution is -2.30. The van der Waals surface area contributed by atoms with Gasteiger partial charge in [-0.25, -0.2) is 0 Å². The molecule has 2 N–H and O–H groups in total. The summed E-state index contributed by atoms with van der Waals surface area (Å²) in [6.07, 6.45) is -2.57. The average Bonchev–Trinajstić information content (AvgIpc) is 2.40. The van der Waals surface area contributed by atoms with Crippen LogP contribution < -0.4 is 0 Å². The summed E-state index contributed by atoms with van der Waals surface area (Å²) < 4.78 is 14.8. The van der Waals surface area contributed by atoms with Crippen LogP contribution in [0.15, 0.2) is 0 Å². The van der Waals surface area contributed by atoms with Crippen LogP contribution >= 0.6 is 0 Å². The predicted octanol–water partition coefficient (Wildman–Crippen LogP) is 0.573. The highest BCUT2D eigenvalue weighted by molar-refractivity contribution is 5.72. The Labute approximate surface area is 142 Å². The number of carbonyl (C=O) groups excluding carboxylic acids is 3. The molecular weight excluding hydrogens is 320 g/mol. The van der Waals surface area contributed by atoms with E-state index < -0.39 is 36.9 Å². The van der Waals surface area contributed by atoms with Gasteiger partial charge in [0.15, 0.2) is 6.10 Å². The van der Waals surface area contributed by atoms with Crippen LogP contribution in [0.4, 0.5) is 0 Å². The summed E-state index contributed by atoms with van der Waals surface area (Å²) in [6, 6.07) is 0. The van der Waals surface area contributed by atoms with Gasteiger partial charge in [0.2, 0.25) is 0 Å². The second-order valence-electron chi connectivity index (χ2n) is 6.13. The quantitative estimate of drug-likeness (QED) is 0.411. The Hall–Kier alpha value is -1.67. The molecule has 0 rings (SSSR count). The number of rotatable bonds is 11. The van der Waals surface area contributed by atoms with E-state index in [2.05, 4.69) is 0 Å². The maximum absolute atomic E-state index is 11.7. The van der Waals surface area contributed by atoms with Gasteiger partial charge < -0.3 is 24.4 Å². The largest absolute Gasteiger partial charge is 0.462 e. The number of aliphatic hydroxyl groups is 2. The molecule has 0 spiro atoms. The maximum Gasteiger partial charge on any atom is 0.309 e. The van der Waals surface area contributed by atoms with Crippen molar-refractivity contribution < 1.29 is 38.8 Å². The summed E-state index contributed by atoms with van der Waals surface area (Å²) in [5.41, 5.74) is 0. The molecule has 3 unspecified atom stereocenters. The molecule has 0 amide bonds. The lowest BCUT2D eigenvalue weighted by molar-refractivity contribution is -0.165. The Morgan fingerprint density at radius 2 is 1.46 bits per heavy atom. The van der Waals surface area contributed by atoms with Crippen LogP contribution in [0.25, 0.3) is 0 Å². The molecule has 0 heterocycles. The van der Waals surface area contributed by atoms with Gasteiger partial charge in [-0.2, -0.15) is 0 Å². The van der Waals surface area contributed by atoms with Gasteiger partial charge in [0.05, 0.1) is 25.6 Å². The molecule has 0 aliphatic heterocycles. The lowest BCUT2D eigenvalue weighted by atomic mass is 10.1. The van der Waals surface area contributed by atoms with Crippen molar-refractivity contribution in [1.29, 1.82) is 0 Å². The molecule has 0 aromatic rings. The van der Waals surface area contributed by atoms with E-state index in [1.54, 1.807) is 6.92 Å². The van der Waals surface area contributed by atoms with Crippen molar-refractivity contribution in [2.75, 3.05) is 13.2 Å². The minimum absolute atomic E-state index is 0.135. The Morgan fingerprint density at radius 3 is 1.96 bits per heavy atom. The molecular formula is C16H28O8. The number of esters is 3. The van der Waals surface area contributed by atoms with Crippen molar-refractivity contribution in [1.82, 2.24) is 0 Å². The van der Waals surface area contributed by atoms with E-state index in [0.29, 0.717) is 0 Å². The van der Waals surface area contributed by atoms with Gasteiger partial charge in [-0.3, -0.25) is 14.4 Å². The molecule has 140 valence electrons. The van der Waals surface area contributed by atoms with E-state index >= 15 is 0 Å². The fourth-order valence-corrected chi connectivity index (χ4v) is 1.73. The van der Waals surface area contributed by atoms with Crippen molar-refractivity contribution in [2.45, 2.75) is 65.3 Å². The molecule has 0 saturated heterocycles. The smallest absolute Gasteiger partial charge is 0.309 e. The van der Waals surface area contributed by atoms with Crippen molar-refractivity contribution in [3.05, 3.63) is 0 Å². The van der Waals surface area contributed by atoms with Crippen LogP contribution in [0.5, 0.6) is 0 Å². The van der Waals surface area contributed by atoms with E-state index in [1.807, 2.05) is 13.8 Å². The van der Waals surface area contributed by atoms with Gasteiger partial charge in [-0.1, -0.05) is 13.8 Å². The first-order chi connectivity index (χ1) is 11.1. The zero-order chi connectivity index (χ0) is 18.7. The van der Waals surface area contributed by atoms with Crippen molar-refractivity contribution in [2.24, 2.45) is 5.92 Å². The minimum Gasteiger partial charge on any atom is -0.462 e. The van der Waals surface area contributed by atoms with Gasteiger partial charge in [0, 0.05) is 6.42 Å². The molecule has 3 atom stereocenters. The molecule has 8 heteroatoms. The molecule has 0 aliphatic carbocycles. The van der Waals surface area contributed by atoms with Crippen LogP contribution in [0.3, 0.4) is 0 Å². The molecule has 0 fully saturated rings. The van der Waals surface area contributed by atoms with Crippen LogP contribution in [-0.2, 0) is 28.6 Å². The summed E-state index contributed by atoms with van der Waals surface area (Å²) in [6.45, 7) is 5.94. The third kappa shape index (κ3) is 11.8. The van der Waals surface area contributed by atoms with Crippen molar-refractivity contribution >= 4 is 17.9 Å². The van der Waals surface area contributed by atoms with Crippen LogP contribution in [0, 0.1) is 5.92 Å². The fourth-order valence-electron chi connectivity index (χ4n) is 1.73. The Kier molecular flexibility index (Phi) is 11.0. The number of aliphatic hydroxyl groups excluding tert-OH is 2. The second-order valence-corrected chi connectivity index (χ2v) is 6.13. The molecule has 8 nitrogen and oxygen atoms in total. The number of hydrogen-bond donors (Lipinski definition) is 2. The van der Waals surface area contributed by atoms with Gasteiger partial charge in [-0.05, 0) is 19.8 Å². The van der Waals surface area contributed by atoms with E-state index in [0.717, 1.165) is 0 Å². The number of carbonyl (C=O) groups is 3. The first-order valence-electron chi connectivity index (χ1n) is 7.97.